The van der Waals surface area contributed by atoms with Crippen LogP contribution in [0.4, 0.5) is 0 Å². The average molecular weight is 290 g/mol. The molecule has 6 heteroatoms. The molecule has 0 bridgehead atoms. The summed E-state index contributed by atoms with van der Waals surface area (Å²) in [4.78, 5) is 26.0. The maximum Gasteiger partial charge on any atom is 0.245 e. The first-order valence-corrected chi connectivity index (χ1v) is 6.91. The second-order valence-corrected chi connectivity index (χ2v) is 5.52. The van der Waals surface area contributed by atoms with Crippen molar-refractivity contribution in [3.63, 3.8) is 0 Å². The minimum absolute atomic E-state index is 0. The van der Waals surface area contributed by atoms with Crippen LogP contribution < -0.4 is 10.6 Å². The van der Waals surface area contributed by atoms with Crippen LogP contribution in [0.5, 0.6) is 0 Å². The fourth-order valence-electron chi connectivity index (χ4n) is 2.71. The first-order chi connectivity index (χ1) is 8.59. The lowest BCUT2D eigenvalue weighted by Crippen LogP contribution is -2.48. The Morgan fingerprint density at radius 2 is 2.16 bits per heavy atom. The predicted molar refractivity (Wildman–Crippen MR) is 76.2 cm³/mol. The van der Waals surface area contributed by atoms with Crippen LogP contribution in [0, 0.1) is 5.92 Å². The van der Waals surface area contributed by atoms with E-state index in [0.717, 1.165) is 38.9 Å². The van der Waals surface area contributed by atoms with E-state index in [9.17, 15) is 9.59 Å². The van der Waals surface area contributed by atoms with Crippen molar-refractivity contribution in [3.8, 4) is 0 Å². The number of amides is 2. The molecular weight excluding hydrogens is 266 g/mol. The summed E-state index contributed by atoms with van der Waals surface area (Å²) in [5.74, 6) is 0.132. The van der Waals surface area contributed by atoms with E-state index in [1.165, 1.54) is 0 Å². The molecule has 2 N–H and O–H groups in total. The van der Waals surface area contributed by atoms with Gasteiger partial charge in [-0.15, -0.1) is 12.4 Å². The normalized spacial score (nSPS) is 27.3. The Balaban J connectivity index is 0.00000180. The maximum atomic E-state index is 12.1. The van der Waals surface area contributed by atoms with Crippen molar-refractivity contribution in [1.82, 2.24) is 15.5 Å². The van der Waals surface area contributed by atoms with Crippen molar-refractivity contribution >= 4 is 24.2 Å². The van der Waals surface area contributed by atoms with E-state index in [2.05, 4.69) is 10.6 Å². The molecule has 0 aromatic rings. The number of nitrogens with one attached hydrogen (secondary N) is 2. The number of hydrogen-bond acceptors (Lipinski definition) is 3. The van der Waals surface area contributed by atoms with Gasteiger partial charge in [0.25, 0.3) is 0 Å². The number of nitrogens with zero attached hydrogens (tertiary/aromatic N) is 1. The minimum atomic E-state index is -0.304. The van der Waals surface area contributed by atoms with E-state index < -0.39 is 0 Å². The van der Waals surface area contributed by atoms with Crippen LogP contribution >= 0.6 is 12.4 Å². The fourth-order valence-corrected chi connectivity index (χ4v) is 2.71. The second kappa shape index (κ2) is 7.10. The summed E-state index contributed by atoms with van der Waals surface area (Å²) in [5, 5.41) is 6.14. The zero-order valence-electron chi connectivity index (χ0n) is 11.6. The molecule has 2 aliphatic heterocycles. The molecule has 19 heavy (non-hydrogen) atoms. The quantitative estimate of drug-likeness (QED) is 0.797. The number of rotatable bonds is 3. The Morgan fingerprint density at radius 1 is 1.42 bits per heavy atom. The summed E-state index contributed by atoms with van der Waals surface area (Å²) in [5.41, 5.74) is 0. The molecule has 110 valence electrons. The van der Waals surface area contributed by atoms with E-state index in [-0.39, 0.29) is 42.2 Å². The first-order valence-electron chi connectivity index (χ1n) is 6.91. The van der Waals surface area contributed by atoms with Crippen molar-refractivity contribution in [2.75, 3.05) is 19.6 Å². The highest BCUT2D eigenvalue weighted by Gasteiger charge is 2.35. The Morgan fingerprint density at radius 3 is 2.68 bits per heavy atom. The highest BCUT2D eigenvalue weighted by atomic mass is 35.5. The van der Waals surface area contributed by atoms with Crippen LogP contribution in [0.2, 0.25) is 0 Å². The molecule has 0 radical (unpaired) electrons. The number of carbonyl (C=O) groups is 2. The molecule has 2 unspecified atom stereocenters. The van der Waals surface area contributed by atoms with Crippen LogP contribution in [0.15, 0.2) is 0 Å². The standard InChI is InChI=1S/C13H23N3O2.ClH/c1-9(2)16-7-5-11(13(16)18)15-12(17)10-4-3-6-14-8-10;/h9-11,14H,3-8H2,1-2H3,(H,15,17);1H. The predicted octanol–water partition coefficient (Wildman–Crippen LogP) is 0.533. The highest BCUT2D eigenvalue weighted by Crippen LogP contribution is 2.16. The van der Waals surface area contributed by atoms with Crippen LogP contribution in [0.25, 0.3) is 0 Å². The molecule has 0 aromatic heterocycles. The molecule has 2 saturated heterocycles. The summed E-state index contributed by atoms with van der Waals surface area (Å²) in [6.07, 6.45) is 2.70. The summed E-state index contributed by atoms with van der Waals surface area (Å²) in [6.45, 7) is 6.50. The van der Waals surface area contributed by atoms with Crippen LogP contribution in [-0.4, -0.2) is 48.4 Å². The van der Waals surface area contributed by atoms with Gasteiger partial charge in [-0.05, 0) is 39.7 Å². The summed E-state index contributed by atoms with van der Waals surface area (Å²) < 4.78 is 0. The lowest BCUT2D eigenvalue weighted by atomic mass is 9.98. The SMILES string of the molecule is CC(C)N1CCC(NC(=O)C2CCCNC2)C1=O.Cl. The third kappa shape index (κ3) is 3.83. The molecule has 0 spiro atoms. The van der Waals surface area contributed by atoms with Crippen LogP contribution in [-0.2, 0) is 9.59 Å². The van der Waals surface area contributed by atoms with Gasteiger partial charge in [0, 0.05) is 19.1 Å². The lowest BCUT2D eigenvalue weighted by Gasteiger charge is -2.24. The topological polar surface area (TPSA) is 61.4 Å². The van der Waals surface area contributed by atoms with Gasteiger partial charge in [-0.2, -0.15) is 0 Å². The third-order valence-corrected chi connectivity index (χ3v) is 3.85. The molecule has 0 aromatic carbocycles. The van der Waals surface area contributed by atoms with Gasteiger partial charge in [-0.25, -0.2) is 0 Å². The number of likely N-dealkylation sites (tertiary alicyclic amines) is 1. The van der Waals surface area contributed by atoms with Gasteiger partial charge in [0.2, 0.25) is 11.8 Å². The van der Waals surface area contributed by atoms with E-state index in [1.54, 1.807) is 0 Å². The maximum absolute atomic E-state index is 12.1. The monoisotopic (exact) mass is 289 g/mol. The Hall–Kier alpha value is -0.810. The second-order valence-electron chi connectivity index (χ2n) is 5.52. The van der Waals surface area contributed by atoms with Gasteiger partial charge in [0.1, 0.15) is 6.04 Å². The number of halogens is 1. The van der Waals surface area contributed by atoms with E-state index in [1.807, 2.05) is 18.7 Å². The van der Waals surface area contributed by atoms with Crippen molar-refractivity contribution in [3.05, 3.63) is 0 Å². The van der Waals surface area contributed by atoms with Gasteiger partial charge in [-0.1, -0.05) is 0 Å². The zero-order valence-corrected chi connectivity index (χ0v) is 12.5. The van der Waals surface area contributed by atoms with Gasteiger partial charge >= 0.3 is 0 Å². The summed E-state index contributed by atoms with van der Waals surface area (Å²) in [7, 11) is 0. The van der Waals surface area contributed by atoms with Gasteiger partial charge < -0.3 is 15.5 Å². The summed E-state index contributed by atoms with van der Waals surface area (Å²) >= 11 is 0. The Labute approximate surface area is 120 Å². The van der Waals surface area contributed by atoms with Crippen molar-refractivity contribution in [2.24, 2.45) is 5.92 Å². The van der Waals surface area contributed by atoms with Gasteiger partial charge in [0.05, 0.1) is 5.92 Å². The van der Waals surface area contributed by atoms with E-state index in [4.69, 9.17) is 0 Å². The van der Waals surface area contributed by atoms with Gasteiger partial charge in [0.15, 0.2) is 0 Å². The fraction of sp³-hybridized carbons (Fsp3) is 0.846. The Kier molecular flexibility index (Phi) is 6.07. The van der Waals surface area contributed by atoms with E-state index in [0.29, 0.717) is 0 Å². The first kappa shape index (κ1) is 16.2. The molecule has 0 aliphatic carbocycles. The highest BCUT2D eigenvalue weighted by molar-refractivity contribution is 5.90. The molecule has 2 atom stereocenters. The number of hydrogen-bond donors (Lipinski definition) is 2. The molecule has 0 saturated carbocycles. The molecule has 5 nitrogen and oxygen atoms in total. The largest absolute Gasteiger partial charge is 0.344 e. The van der Waals surface area contributed by atoms with Crippen molar-refractivity contribution in [1.29, 1.82) is 0 Å². The Bertz CT molecular complexity index is 330. The molecule has 2 heterocycles. The molecule has 2 rings (SSSR count). The number of carbonyl (C=O) groups excluding carboxylic acids is 2. The molecule has 2 amide bonds. The summed E-state index contributed by atoms with van der Waals surface area (Å²) in [6, 6.07) is -0.0856. The molecule has 2 fully saturated rings. The van der Waals surface area contributed by atoms with E-state index >= 15 is 0 Å². The van der Waals surface area contributed by atoms with Crippen LogP contribution in [0.1, 0.15) is 33.1 Å². The average Bonchev–Trinajstić information content (AvgIpc) is 2.72. The third-order valence-electron chi connectivity index (χ3n) is 3.85. The van der Waals surface area contributed by atoms with Gasteiger partial charge in [-0.3, -0.25) is 9.59 Å². The van der Waals surface area contributed by atoms with Crippen LogP contribution in [0.3, 0.4) is 0 Å². The van der Waals surface area contributed by atoms with Crippen molar-refractivity contribution in [2.45, 2.75) is 45.2 Å². The molecule has 2 aliphatic rings. The molecular formula is C13H24ClN3O2. The number of piperidine rings is 1. The lowest BCUT2D eigenvalue weighted by molar-refractivity contribution is -0.135. The zero-order chi connectivity index (χ0) is 13.1. The minimum Gasteiger partial charge on any atom is -0.344 e. The van der Waals surface area contributed by atoms with Crippen molar-refractivity contribution < 1.29 is 9.59 Å². The smallest absolute Gasteiger partial charge is 0.245 e.